The van der Waals surface area contributed by atoms with Gasteiger partial charge < -0.3 is 10.6 Å². The summed E-state index contributed by atoms with van der Waals surface area (Å²) in [7, 11) is 0. The Morgan fingerprint density at radius 3 is 2.69 bits per heavy atom. The molecule has 0 aliphatic carbocycles. The van der Waals surface area contributed by atoms with E-state index in [2.05, 4.69) is 17.6 Å². The monoisotopic (exact) mass is 244 g/mol. The fourth-order valence-corrected chi connectivity index (χ4v) is 1.66. The van der Waals surface area contributed by atoms with Gasteiger partial charge in [-0.1, -0.05) is 24.6 Å². The molecule has 2 nitrogen and oxygen atoms in total. The molecule has 0 saturated heterocycles. The van der Waals surface area contributed by atoms with Crippen LogP contribution in [0.4, 0.5) is 4.39 Å². The summed E-state index contributed by atoms with van der Waals surface area (Å²) in [6.07, 6.45) is 1.03. The molecule has 0 aromatic heterocycles. The minimum atomic E-state index is -0.244. The van der Waals surface area contributed by atoms with Gasteiger partial charge >= 0.3 is 0 Å². The van der Waals surface area contributed by atoms with Crippen molar-refractivity contribution >= 4 is 11.6 Å². The molecule has 0 radical (unpaired) electrons. The summed E-state index contributed by atoms with van der Waals surface area (Å²) in [4.78, 5) is 0. The van der Waals surface area contributed by atoms with Crippen LogP contribution in [0.3, 0.4) is 0 Å². The van der Waals surface area contributed by atoms with Crippen LogP contribution < -0.4 is 10.6 Å². The van der Waals surface area contributed by atoms with E-state index in [1.165, 1.54) is 6.07 Å². The average molecular weight is 245 g/mol. The molecular weight excluding hydrogens is 227 g/mol. The number of rotatable bonds is 7. The predicted octanol–water partition coefficient (Wildman–Crippen LogP) is 2.57. The first-order valence-corrected chi connectivity index (χ1v) is 5.97. The maximum Gasteiger partial charge on any atom is 0.129 e. The first-order chi connectivity index (χ1) is 7.75. The van der Waals surface area contributed by atoms with E-state index >= 15 is 0 Å². The molecule has 0 unspecified atom stereocenters. The van der Waals surface area contributed by atoms with Crippen LogP contribution in [0.2, 0.25) is 5.02 Å². The van der Waals surface area contributed by atoms with Crippen LogP contribution in [-0.2, 0) is 6.54 Å². The van der Waals surface area contributed by atoms with Crippen LogP contribution >= 0.6 is 11.6 Å². The lowest BCUT2D eigenvalue weighted by molar-refractivity contribution is 0.572. The topological polar surface area (TPSA) is 24.1 Å². The molecule has 0 amide bonds. The summed E-state index contributed by atoms with van der Waals surface area (Å²) in [5.74, 6) is -0.244. The molecule has 2 N–H and O–H groups in total. The Kier molecular flexibility index (Phi) is 6.38. The van der Waals surface area contributed by atoms with Gasteiger partial charge in [-0.2, -0.15) is 0 Å². The van der Waals surface area contributed by atoms with Gasteiger partial charge in [-0.15, -0.1) is 0 Å². The van der Waals surface area contributed by atoms with Crippen molar-refractivity contribution in [2.24, 2.45) is 0 Å². The quantitative estimate of drug-likeness (QED) is 0.721. The maximum absolute atomic E-state index is 13.3. The van der Waals surface area contributed by atoms with Gasteiger partial charge in [0.05, 0.1) is 0 Å². The lowest BCUT2D eigenvalue weighted by atomic mass is 10.2. The minimum Gasteiger partial charge on any atom is -0.317 e. The fourth-order valence-electron chi connectivity index (χ4n) is 1.43. The molecule has 1 aromatic carbocycles. The summed E-state index contributed by atoms with van der Waals surface area (Å²) in [6.45, 7) is 5.38. The van der Waals surface area contributed by atoms with Crippen molar-refractivity contribution in [1.29, 1.82) is 0 Å². The van der Waals surface area contributed by atoms with Gasteiger partial charge in [-0.05, 0) is 38.2 Å². The minimum absolute atomic E-state index is 0.244. The van der Waals surface area contributed by atoms with E-state index in [0.717, 1.165) is 26.1 Å². The zero-order valence-electron chi connectivity index (χ0n) is 9.52. The molecule has 4 heteroatoms. The van der Waals surface area contributed by atoms with Crippen molar-refractivity contribution in [3.8, 4) is 0 Å². The highest BCUT2D eigenvalue weighted by Crippen LogP contribution is 2.18. The molecule has 0 aliphatic rings. The number of nitrogens with one attached hydrogen (secondary N) is 2. The lowest BCUT2D eigenvalue weighted by Crippen LogP contribution is -2.21. The standard InChI is InChI=1S/C12H18ClFN2/c1-2-15-7-4-8-16-9-10-11(13)5-3-6-12(10)14/h3,5-6,15-16H,2,4,7-9H2,1H3. The molecule has 90 valence electrons. The molecule has 0 spiro atoms. The van der Waals surface area contributed by atoms with E-state index in [-0.39, 0.29) is 5.82 Å². The van der Waals surface area contributed by atoms with Crippen molar-refractivity contribution in [3.63, 3.8) is 0 Å². The molecule has 0 fully saturated rings. The highest BCUT2D eigenvalue weighted by atomic mass is 35.5. The Morgan fingerprint density at radius 2 is 2.00 bits per heavy atom. The van der Waals surface area contributed by atoms with Gasteiger partial charge in [-0.3, -0.25) is 0 Å². The molecule has 1 rings (SSSR count). The summed E-state index contributed by atoms with van der Waals surface area (Å²) < 4.78 is 13.3. The number of benzene rings is 1. The zero-order chi connectivity index (χ0) is 11.8. The molecule has 0 heterocycles. The number of halogens is 2. The second-order valence-electron chi connectivity index (χ2n) is 3.58. The van der Waals surface area contributed by atoms with E-state index < -0.39 is 0 Å². The van der Waals surface area contributed by atoms with Crippen LogP contribution in [-0.4, -0.2) is 19.6 Å². The highest BCUT2D eigenvalue weighted by molar-refractivity contribution is 6.31. The Balaban J connectivity index is 2.26. The van der Waals surface area contributed by atoms with Crippen molar-refractivity contribution < 1.29 is 4.39 Å². The summed E-state index contributed by atoms with van der Waals surface area (Å²) >= 11 is 5.90. The molecule has 0 aliphatic heterocycles. The van der Waals surface area contributed by atoms with E-state index in [0.29, 0.717) is 17.1 Å². The summed E-state index contributed by atoms with van der Waals surface area (Å²) in [6, 6.07) is 4.76. The van der Waals surface area contributed by atoms with E-state index in [9.17, 15) is 4.39 Å². The highest BCUT2D eigenvalue weighted by Gasteiger charge is 2.05. The molecule has 1 aromatic rings. The summed E-state index contributed by atoms with van der Waals surface area (Å²) in [5, 5.41) is 6.89. The van der Waals surface area contributed by atoms with Gasteiger partial charge in [0.2, 0.25) is 0 Å². The number of hydrogen-bond acceptors (Lipinski definition) is 2. The normalized spacial score (nSPS) is 10.7. The maximum atomic E-state index is 13.3. The first-order valence-electron chi connectivity index (χ1n) is 5.60. The lowest BCUT2D eigenvalue weighted by Gasteiger charge is -2.07. The van der Waals surface area contributed by atoms with E-state index in [1.54, 1.807) is 12.1 Å². The smallest absolute Gasteiger partial charge is 0.129 e. The molecule has 16 heavy (non-hydrogen) atoms. The van der Waals surface area contributed by atoms with Crippen LogP contribution in [0.1, 0.15) is 18.9 Å². The van der Waals surface area contributed by atoms with Gasteiger partial charge in [0.15, 0.2) is 0 Å². The fraction of sp³-hybridized carbons (Fsp3) is 0.500. The van der Waals surface area contributed by atoms with Crippen LogP contribution in [0.15, 0.2) is 18.2 Å². The SMILES string of the molecule is CCNCCCNCc1c(F)cccc1Cl. The van der Waals surface area contributed by atoms with Crippen LogP contribution in [0.25, 0.3) is 0 Å². The van der Waals surface area contributed by atoms with Gasteiger partial charge in [0.25, 0.3) is 0 Å². The molecular formula is C12H18ClFN2. The first kappa shape index (κ1) is 13.4. The van der Waals surface area contributed by atoms with Crippen LogP contribution in [0, 0.1) is 5.82 Å². The Morgan fingerprint density at radius 1 is 1.25 bits per heavy atom. The largest absolute Gasteiger partial charge is 0.317 e. The Hall–Kier alpha value is -0.640. The van der Waals surface area contributed by atoms with Crippen molar-refractivity contribution in [3.05, 3.63) is 34.6 Å². The Labute approximate surface area is 101 Å². The van der Waals surface area contributed by atoms with Crippen molar-refractivity contribution in [1.82, 2.24) is 10.6 Å². The molecule has 0 saturated carbocycles. The number of hydrogen-bond donors (Lipinski definition) is 2. The molecule has 0 bridgehead atoms. The zero-order valence-corrected chi connectivity index (χ0v) is 10.3. The summed E-state index contributed by atoms with van der Waals surface area (Å²) in [5.41, 5.74) is 0.549. The van der Waals surface area contributed by atoms with E-state index in [4.69, 9.17) is 11.6 Å². The third-order valence-electron chi connectivity index (χ3n) is 2.32. The van der Waals surface area contributed by atoms with Gasteiger partial charge in [-0.25, -0.2) is 4.39 Å². The van der Waals surface area contributed by atoms with E-state index in [1.807, 2.05) is 0 Å². The Bertz CT molecular complexity index is 298. The third kappa shape index (κ3) is 4.47. The second-order valence-corrected chi connectivity index (χ2v) is 3.99. The molecule has 0 atom stereocenters. The average Bonchev–Trinajstić information content (AvgIpc) is 2.26. The second kappa shape index (κ2) is 7.60. The van der Waals surface area contributed by atoms with Crippen molar-refractivity contribution in [2.45, 2.75) is 19.9 Å². The van der Waals surface area contributed by atoms with Gasteiger partial charge in [0, 0.05) is 17.1 Å². The van der Waals surface area contributed by atoms with Crippen molar-refractivity contribution in [2.75, 3.05) is 19.6 Å². The van der Waals surface area contributed by atoms with Gasteiger partial charge in [0.1, 0.15) is 5.82 Å². The van der Waals surface area contributed by atoms with Crippen LogP contribution in [0.5, 0.6) is 0 Å². The third-order valence-corrected chi connectivity index (χ3v) is 2.67. The predicted molar refractivity (Wildman–Crippen MR) is 66.3 cm³/mol.